The molecular formula is C27H24FN3O5. The summed E-state index contributed by atoms with van der Waals surface area (Å²) >= 11 is 0. The zero-order valence-electron chi connectivity index (χ0n) is 19.3. The van der Waals surface area contributed by atoms with Gasteiger partial charge in [-0.2, -0.15) is 9.37 Å². The van der Waals surface area contributed by atoms with Gasteiger partial charge in [-0.25, -0.2) is 4.79 Å². The highest BCUT2D eigenvalue weighted by molar-refractivity contribution is 5.87. The zero-order valence-corrected chi connectivity index (χ0v) is 19.3. The highest BCUT2D eigenvalue weighted by Crippen LogP contribution is 2.27. The number of hydrogen-bond donors (Lipinski definition) is 2. The van der Waals surface area contributed by atoms with Gasteiger partial charge in [-0.05, 0) is 66.9 Å². The lowest BCUT2D eigenvalue weighted by Crippen LogP contribution is -2.44. The maximum absolute atomic E-state index is 15.0. The van der Waals surface area contributed by atoms with Gasteiger partial charge in [-0.15, -0.1) is 0 Å². The fourth-order valence-electron chi connectivity index (χ4n) is 4.31. The van der Waals surface area contributed by atoms with Crippen molar-refractivity contribution in [2.45, 2.75) is 31.7 Å². The maximum Gasteiger partial charge on any atom is 0.335 e. The number of rotatable bonds is 8. The zero-order chi connectivity index (χ0) is 25.1. The number of para-hydroxylation sites is 1. The Bertz CT molecular complexity index is 1370. The molecule has 4 aromatic rings. The first-order valence-corrected chi connectivity index (χ1v) is 11.6. The first kappa shape index (κ1) is 23.3. The lowest BCUT2D eigenvalue weighted by molar-refractivity contribution is -0.135. The first-order chi connectivity index (χ1) is 17.5. The second-order valence-corrected chi connectivity index (χ2v) is 8.58. The predicted molar refractivity (Wildman–Crippen MR) is 131 cm³/mol. The van der Waals surface area contributed by atoms with E-state index in [9.17, 15) is 9.59 Å². The van der Waals surface area contributed by atoms with Gasteiger partial charge in [0, 0.05) is 12.2 Å². The number of ether oxygens (including phenoxy) is 1. The van der Waals surface area contributed by atoms with Gasteiger partial charge in [0.1, 0.15) is 11.3 Å². The van der Waals surface area contributed by atoms with Crippen molar-refractivity contribution in [2.24, 2.45) is 0 Å². The number of likely N-dealkylation sites (tertiary alicyclic amines) is 1. The first-order valence-electron chi connectivity index (χ1n) is 11.6. The molecule has 2 atom stereocenters. The summed E-state index contributed by atoms with van der Waals surface area (Å²) in [4.78, 5) is 30.0. The third-order valence-electron chi connectivity index (χ3n) is 6.11. The molecule has 184 valence electrons. The van der Waals surface area contributed by atoms with Crippen molar-refractivity contribution in [2.75, 3.05) is 11.9 Å². The van der Waals surface area contributed by atoms with E-state index in [0.29, 0.717) is 36.5 Å². The van der Waals surface area contributed by atoms with Crippen LogP contribution in [0.25, 0.3) is 11.1 Å². The average molecular weight is 490 g/mol. The van der Waals surface area contributed by atoms with Gasteiger partial charge in [0.05, 0.1) is 18.0 Å². The van der Waals surface area contributed by atoms with Gasteiger partial charge in [-0.1, -0.05) is 24.3 Å². The molecule has 1 unspecified atom stereocenters. The minimum absolute atomic E-state index is 0.0853. The number of nitrogens with one attached hydrogen (secondary N) is 1. The number of aromatic nitrogens is 1. The van der Waals surface area contributed by atoms with E-state index in [4.69, 9.17) is 14.3 Å². The molecule has 9 heteroatoms. The molecule has 0 aliphatic carbocycles. The number of alkyl halides is 1. The summed E-state index contributed by atoms with van der Waals surface area (Å²) in [7, 11) is 0. The van der Waals surface area contributed by atoms with Crippen molar-refractivity contribution in [1.29, 1.82) is 0 Å². The Balaban J connectivity index is 1.23. The molecule has 3 aromatic carbocycles. The van der Waals surface area contributed by atoms with Gasteiger partial charge in [0.15, 0.2) is 5.58 Å². The van der Waals surface area contributed by atoms with E-state index in [1.807, 2.05) is 36.4 Å². The molecule has 1 fully saturated rings. The summed E-state index contributed by atoms with van der Waals surface area (Å²) in [5.41, 5.74) is 2.88. The lowest BCUT2D eigenvalue weighted by atomic mass is 10.1. The quantitative estimate of drug-likeness (QED) is 0.351. The number of amides is 1. The molecule has 5 rings (SSSR count). The van der Waals surface area contributed by atoms with Crippen molar-refractivity contribution < 1.29 is 28.2 Å². The van der Waals surface area contributed by atoms with E-state index in [1.54, 1.807) is 12.1 Å². The minimum atomic E-state index is -1.73. The van der Waals surface area contributed by atoms with Crippen LogP contribution in [0.15, 0.2) is 77.2 Å². The van der Waals surface area contributed by atoms with Crippen LogP contribution in [-0.4, -0.2) is 45.8 Å². The molecular weight excluding hydrogens is 465 g/mol. The number of halogens is 1. The number of anilines is 2. The third kappa shape index (κ3) is 5.14. The summed E-state index contributed by atoms with van der Waals surface area (Å²) < 4.78 is 26.2. The van der Waals surface area contributed by atoms with Gasteiger partial charge >= 0.3 is 5.97 Å². The predicted octanol–water partition coefficient (Wildman–Crippen LogP) is 5.18. The van der Waals surface area contributed by atoms with Crippen LogP contribution in [-0.2, 0) is 11.2 Å². The molecule has 36 heavy (non-hydrogen) atoms. The smallest absolute Gasteiger partial charge is 0.335 e. The number of carboxylic acid groups (broad SMARTS) is 1. The molecule has 8 nitrogen and oxygen atoms in total. The van der Waals surface area contributed by atoms with Crippen LogP contribution < -0.4 is 10.1 Å². The molecule has 0 radical (unpaired) electrons. The number of nitrogens with zero attached hydrogens (tertiary/aromatic N) is 2. The van der Waals surface area contributed by atoms with Crippen molar-refractivity contribution in [3.63, 3.8) is 0 Å². The van der Waals surface area contributed by atoms with Gasteiger partial charge in [0.2, 0.25) is 5.91 Å². The van der Waals surface area contributed by atoms with Crippen LogP contribution in [0.5, 0.6) is 5.75 Å². The number of carbonyl (C=O) groups excluding carboxylic acids is 1. The number of hydrogen-bond acceptors (Lipinski definition) is 6. The average Bonchev–Trinajstić information content (AvgIpc) is 3.52. The summed E-state index contributed by atoms with van der Waals surface area (Å²) in [5.74, 6) is -1.06. The van der Waals surface area contributed by atoms with E-state index in [2.05, 4.69) is 10.3 Å². The highest BCUT2D eigenvalue weighted by Gasteiger charge is 2.36. The Hall–Kier alpha value is -4.40. The van der Waals surface area contributed by atoms with Crippen LogP contribution >= 0.6 is 0 Å². The third-order valence-corrected chi connectivity index (χ3v) is 6.11. The van der Waals surface area contributed by atoms with Crippen LogP contribution in [0.4, 0.5) is 16.1 Å². The molecule has 1 aliphatic heterocycles. The summed E-state index contributed by atoms with van der Waals surface area (Å²) in [6, 6.07) is 20.1. The maximum atomic E-state index is 15.0. The fraction of sp³-hybridized carbons (Fsp3) is 0.222. The number of aromatic carboxylic acids is 1. The second-order valence-electron chi connectivity index (χ2n) is 8.58. The van der Waals surface area contributed by atoms with Crippen molar-refractivity contribution in [3.05, 3.63) is 83.9 Å². The lowest BCUT2D eigenvalue weighted by Gasteiger charge is -2.27. The SMILES string of the molecule is O=C(O)c1ccc(OC(F)[C@@H]2CCCN2C(=O)Cc2ccc3nc(Nc4ccccc4)oc3c2)cc1. The molecule has 0 bridgehead atoms. The molecule has 0 saturated carbocycles. The van der Waals surface area contributed by atoms with E-state index >= 15 is 4.39 Å². The molecule has 2 heterocycles. The monoisotopic (exact) mass is 489 g/mol. The number of oxazole rings is 1. The Kier molecular flexibility index (Phi) is 6.53. The fourth-order valence-corrected chi connectivity index (χ4v) is 4.31. The number of fused-ring (bicyclic) bond motifs is 1. The largest absolute Gasteiger partial charge is 0.478 e. The van der Waals surface area contributed by atoms with E-state index < -0.39 is 18.4 Å². The van der Waals surface area contributed by atoms with E-state index in [1.165, 1.54) is 29.2 Å². The summed E-state index contributed by atoms with van der Waals surface area (Å²) in [6.07, 6.45) is -0.478. The molecule has 1 amide bonds. The minimum Gasteiger partial charge on any atom is -0.478 e. The molecule has 0 spiro atoms. The van der Waals surface area contributed by atoms with Crippen molar-refractivity contribution >= 4 is 34.7 Å². The molecule has 1 aliphatic rings. The van der Waals surface area contributed by atoms with Crippen molar-refractivity contribution in [3.8, 4) is 5.75 Å². The molecule has 1 saturated heterocycles. The Labute approximate surface area is 206 Å². The van der Waals surface area contributed by atoms with Gasteiger partial charge in [0.25, 0.3) is 12.4 Å². The molecule has 1 aromatic heterocycles. The van der Waals surface area contributed by atoms with Crippen LogP contribution in [0, 0.1) is 0 Å². The second kappa shape index (κ2) is 10.1. The standard InChI is InChI=1S/C27H24FN3O5/c28-25(35-20-11-9-18(10-12-20)26(33)34)22-7-4-14-31(22)24(32)16-17-8-13-21-23(15-17)36-27(30-21)29-19-5-2-1-3-6-19/h1-3,5-6,8-13,15,22,25H,4,7,14,16H2,(H,29,30)(H,33,34)/t22-,25?/m0/s1. The Morgan fingerprint density at radius 2 is 1.92 bits per heavy atom. The highest BCUT2D eigenvalue weighted by atomic mass is 19.1. The topological polar surface area (TPSA) is 105 Å². The van der Waals surface area contributed by atoms with E-state index in [-0.39, 0.29) is 23.6 Å². The van der Waals surface area contributed by atoms with E-state index in [0.717, 1.165) is 11.3 Å². The molecule has 2 N–H and O–H groups in total. The Morgan fingerprint density at radius 1 is 1.14 bits per heavy atom. The van der Waals surface area contributed by atoms with Crippen LogP contribution in [0.2, 0.25) is 0 Å². The number of benzene rings is 3. The van der Waals surface area contributed by atoms with Gasteiger partial charge in [-0.3, -0.25) is 4.79 Å². The summed E-state index contributed by atoms with van der Waals surface area (Å²) in [5, 5.41) is 12.1. The van der Waals surface area contributed by atoms with Gasteiger partial charge < -0.3 is 24.5 Å². The normalized spacial score (nSPS) is 16.1. The Morgan fingerprint density at radius 3 is 2.67 bits per heavy atom. The van der Waals surface area contributed by atoms with Crippen molar-refractivity contribution in [1.82, 2.24) is 9.88 Å². The van der Waals surface area contributed by atoms with Crippen LogP contribution in [0.1, 0.15) is 28.8 Å². The number of carboxylic acids is 1. The number of carbonyl (C=O) groups is 2. The van der Waals surface area contributed by atoms with Crippen LogP contribution in [0.3, 0.4) is 0 Å². The summed E-state index contributed by atoms with van der Waals surface area (Å²) in [6.45, 7) is 0.445.